The Bertz CT molecular complexity index is 857. The molecule has 1 N–H and O–H groups in total. The van der Waals surface area contributed by atoms with Crippen LogP contribution in [0.3, 0.4) is 0 Å². The first kappa shape index (κ1) is 29.7. The van der Waals surface area contributed by atoms with Crippen LogP contribution in [0.4, 0.5) is 0 Å². The normalized spacial score (nSPS) is 12.5. The van der Waals surface area contributed by atoms with E-state index in [1.807, 2.05) is 31.2 Å². The van der Waals surface area contributed by atoms with Gasteiger partial charge in [-0.25, -0.2) is 0 Å². The second-order valence-corrected chi connectivity index (χ2v) is 9.57. The Labute approximate surface area is 251 Å². The fourth-order valence-corrected chi connectivity index (χ4v) is 4.78. The zero-order valence-electron chi connectivity index (χ0n) is 16.1. The van der Waals surface area contributed by atoms with Crippen LogP contribution in [-0.4, -0.2) is 18.0 Å². The van der Waals surface area contributed by atoms with E-state index in [2.05, 4.69) is 0 Å². The molecular weight excluding hydrogens is 457 g/mol. The summed E-state index contributed by atoms with van der Waals surface area (Å²) >= 11 is 0. The van der Waals surface area contributed by atoms with Gasteiger partial charge in [0.15, 0.2) is 4.99 Å². The molecule has 7 nitrogen and oxygen atoms in total. The Balaban J connectivity index is 0.00000364. The fraction of sp³-hybridized carbons (Fsp3) is 0.294. The minimum absolute atomic E-state index is 0. The molecule has 0 saturated heterocycles. The molecule has 0 aromatic heterocycles. The summed E-state index contributed by atoms with van der Waals surface area (Å²) in [5.74, 6) is 1.29. The number of hydrogen-bond donors (Lipinski definition) is 1. The molecule has 0 amide bonds. The van der Waals surface area contributed by atoms with E-state index in [1.54, 1.807) is 24.3 Å². The van der Waals surface area contributed by atoms with Crippen molar-refractivity contribution in [1.82, 2.24) is 0 Å². The summed E-state index contributed by atoms with van der Waals surface area (Å²) in [6.45, 7) is 1.92. The van der Waals surface area contributed by atoms with Gasteiger partial charge in [-0.1, -0.05) is 30.3 Å². The van der Waals surface area contributed by atoms with Gasteiger partial charge in [0.25, 0.3) is 0 Å². The van der Waals surface area contributed by atoms with Crippen LogP contribution >= 0.6 is 7.94 Å². The number of para-hydroxylation sites is 1. The van der Waals surface area contributed by atoms with Crippen LogP contribution in [0.2, 0.25) is 0 Å². The van der Waals surface area contributed by atoms with E-state index in [4.69, 9.17) is 9.29 Å². The molecule has 2 rings (SSSR count). The van der Waals surface area contributed by atoms with Crippen molar-refractivity contribution < 1.29 is 135 Å². The summed E-state index contributed by atoms with van der Waals surface area (Å²) < 4.78 is 36.9. The molecule has 0 aliphatic rings. The van der Waals surface area contributed by atoms with Crippen LogP contribution < -0.4 is 122 Å². The van der Waals surface area contributed by atoms with Gasteiger partial charge in [0.2, 0.25) is 0 Å². The number of hydrogen-bond acceptors (Lipinski definition) is 6. The van der Waals surface area contributed by atoms with Gasteiger partial charge >= 0.3 is 113 Å². The second kappa shape index (κ2) is 13.3. The van der Waals surface area contributed by atoms with E-state index in [9.17, 15) is 23.1 Å². The third-order valence-corrected chi connectivity index (χ3v) is 7.29. The number of rotatable bonds is 8. The first-order chi connectivity index (χ1) is 12.1. The summed E-state index contributed by atoms with van der Waals surface area (Å²) in [6.07, 6.45) is -0.0320. The van der Waals surface area contributed by atoms with Crippen LogP contribution in [0, 0.1) is 6.92 Å². The molecular formula is C17H19K2O7PS. The van der Waals surface area contributed by atoms with Crippen molar-refractivity contribution in [3.05, 3.63) is 59.7 Å². The van der Waals surface area contributed by atoms with Crippen LogP contribution in [0.25, 0.3) is 0 Å². The number of benzene rings is 2. The Morgan fingerprint density at radius 1 is 1.07 bits per heavy atom. The molecule has 2 aromatic carbocycles. The Hall–Kier alpha value is 1.73. The Kier molecular flexibility index (Phi) is 14.1. The fourth-order valence-electron chi connectivity index (χ4n) is 2.51. The van der Waals surface area contributed by atoms with Gasteiger partial charge in [-0.2, -0.15) is 8.42 Å². The maximum atomic E-state index is 11.1. The Morgan fingerprint density at radius 2 is 1.71 bits per heavy atom. The van der Waals surface area contributed by atoms with Crippen LogP contribution in [0.1, 0.15) is 24.0 Å². The standard InChI is InChI=1S/C17H21O7PS.2K/c1-13-6-2-3-10-16(13)24-15-9-4-7-14(12-15)8-5-11-17(25(18,19)20)26(21,22)23;;/h2-4,6-7,9-10,12,17H,5,8,11H2,1H3,(H2,18,19,20)(H,21,22,23);;/q;2*+1/p-2. The second-order valence-electron chi connectivity index (χ2n) is 5.92. The SMILES string of the molecule is Cc1ccccc1Oc1cccc(CCCC([P+]([O-])([O-])[O-])S(=O)(=O)O)c1.[K+].[K+]. The molecule has 28 heavy (non-hydrogen) atoms. The molecule has 1 atom stereocenters. The third kappa shape index (κ3) is 9.90. The van der Waals surface area contributed by atoms with Gasteiger partial charge in [0.05, 0.1) is 0 Å². The largest absolute Gasteiger partial charge is 1.00 e. The molecule has 0 aliphatic carbocycles. The maximum Gasteiger partial charge on any atom is 1.00 e. The molecule has 0 heterocycles. The smallest absolute Gasteiger partial charge is 0.687 e. The van der Waals surface area contributed by atoms with Gasteiger partial charge in [0, 0.05) is 6.42 Å². The van der Waals surface area contributed by atoms with Crippen LogP contribution in [-0.2, 0) is 16.5 Å². The molecule has 1 unspecified atom stereocenters. The summed E-state index contributed by atoms with van der Waals surface area (Å²) in [5.41, 5.74) is 1.76. The molecule has 0 bridgehead atoms. The van der Waals surface area contributed by atoms with Gasteiger partial charge in [0.1, 0.15) is 11.5 Å². The van der Waals surface area contributed by atoms with Crippen molar-refractivity contribution in [1.29, 1.82) is 0 Å². The van der Waals surface area contributed by atoms with Crippen molar-refractivity contribution in [3.63, 3.8) is 0 Å². The molecule has 142 valence electrons. The topological polar surface area (TPSA) is 133 Å². The summed E-state index contributed by atoms with van der Waals surface area (Å²) in [7, 11) is -10.4. The van der Waals surface area contributed by atoms with E-state index in [0.717, 1.165) is 11.1 Å². The minimum atomic E-state index is -5.44. The molecule has 11 heteroatoms. The van der Waals surface area contributed by atoms with Crippen molar-refractivity contribution in [2.45, 2.75) is 31.2 Å². The average Bonchev–Trinajstić information content (AvgIpc) is 2.52. The summed E-state index contributed by atoms with van der Waals surface area (Å²) in [5, 5.41) is 0. The van der Waals surface area contributed by atoms with Crippen molar-refractivity contribution in [3.8, 4) is 11.5 Å². The first-order valence-corrected chi connectivity index (χ1v) is 11.0. The summed E-state index contributed by atoms with van der Waals surface area (Å²) in [4.78, 5) is 30.8. The van der Waals surface area contributed by atoms with Crippen molar-refractivity contribution in [2.24, 2.45) is 0 Å². The van der Waals surface area contributed by atoms with Gasteiger partial charge in [-0.05, 0) is 49.1 Å². The molecule has 0 spiro atoms. The quantitative estimate of drug-likeness (QED) is 0.230. The number of aryl methyl sites for hydroxylation is 2. The van der Waals surface area contributed by atoms with Crippen molar-refractivity contribution >= 4 is 18.1 Å². The molecule has 0 aliphatic heterocycles. The van der Waals surface area contributed by atoms with E-state index < -0.39 is 29.5 Å². The van der Waals surface area contributed by atoms with Gasteiger partial charge in [-0.3, -0.25) is 4.55 Å². The van der Waals surface area contributed by atoms with Crippen LogP contribution in [0.15, 0.2) is 48.5 Å². The van der Waals surface area contributed by atoms with E-state index in [0.29, 0.717) is 17.9 Å². The predicted octanol–water partition coefficient (Wildman–Crippen LogP) is -4.82. The zero-order chi connectivity index (χ0) is 19.4. The van der Waals surface area contributed by atoms with Crippen LogP contribution in [0.5, 0.6) is 11.5 Å². The predicted molar refractivity (Wildman–Crippen MR) is 92.9 cm³/mol. The molecule has 0 radical (unpaired) electrons. The molecule has 0 saturated carbocycles. The molecule has 2 aromatic rings. The average molecular weight is 477 g/mol. The van der Waals surface area contributed by atoms with Gasteiger partial charge in [-0.15, -0.1) is 7.94 Å². The van der Waals surface area contributed by atoms with Crippen molar-refractivity contribution in [2.75, 3.05) is 0 Å². The Morgan fingerprint density at radius 3 is 2.29 bits per heavy atom. The molecule has 0 fully saturated rings. The van der Waals surface area contributed by atoms with E-state index in [1.165, 1.54) is 0 Å². The number of ether oxygens (including phenoxy) is 1. The summed E-state index contributed by atoms with van der Waals surface area (Å²) in [6, 6.07) is 14.6. The monoisotopic (exact) mass is 476 g/mol. The van der Waals surface area contributed by atoms with E-state index >= 15 is 0 Å². The minimum Gasteiger partial charge on any atom is -0.687 e. The first-order valence-electron chi connectivity index (χ1n) is 7.88. The van der Waals surface area contributed by atoms with E-state index in [-0.39, 0.29) is 109 Å². The maximum absolute atomic E-state index is 11.1. The van der Waals surface area contributed by atoms with Gasteiger partial charge < -0.3 is 19.4 Å². The third-order valence-electron chi connectivity index (χ3n) is 3.83. The zero-order valence-corrected chi connectivity index (χ0v) is 24.0.